The molecule has 35 heavy (non-hydrogen) atoms. The number of nitrogens with zero attached hydrogens (tertiary/aromatic N) is 3. The summed E-state index contributed by atoms with van der Waals surface area (Å²) >= 11 is 1.59. The molecule has 0 radical (unpaired) electrons. The maximum absolute atomic E-state index is 13.7. The highest BCUT2D eigenvalue weighted by Crippen LogP contribution is 2.31. The number of ether oxygens (including phenoxy) is 1. The highest BCUT2D eigenvalue weighted by atomic mass is 32.1. The van der Waals surface area contributed by atoms with E-state index in [2.05, 4.69) is 66.4 Å². The van der Waals surface area contributed by atoms with Gasteiger partial charge in [0.15, 0.2) is 5.13 Å². The molecule has 0 spiro atoms. The summed E-state index contributed by atoms with van der Waals surface area (Å²) in [6.45, 7) is 7.15. The molecule has 0 aliphatic carbocycles. The molecule has 2 heterocycles. The van der Waals surface area contributed by atoms with E-state index >= 15 is 0 Å². The number of hydrogen-bond donors (Lipinski definition) is 0. The quantitative estimate of drug-likeness (QED) is 0.328. The molecule has 0 N–H and O–H groups in total. The van der Waals surface area contributed by atoms with Crippen LogP contribution < -0.4 is 4.90 Å². The summed E-state index contributed by atoms with van der Waals surface area (Å²) in [7, 11) is 0. The number of carbonyl (C=O) groups is 1. The Hall–Kier alpha value is -3.06. The van der Waals surface area contributed by atoms with Crippen LogP contribution in [0.1, 0.15) is 33.5 Å². The zero-order chi connectivity index (χ0) is 24.0. The number of anilines is 1. The van der Waals surface area contributed by atoms with E-state index in [-0.39, 0.29) is 5.91 Å². The van der Waals surface area contributed by atoms with E-state index in [0.29, 0.717) is 12.1 Å². The molecule has 0 saturated carbocycles. The Morgan fingerprint density at radius 2 is 1.71 bits per heavy atom. The van der Waals surface area contributed by atoms with Crippen molar-refractivity contribution >= 4 is 32.6 Å². The maximum atomic E-state index is 13.7. The van der Waals surface area contributed by atoms with E-state index in [1.165, 1.54) is 11.1 Å². The summed E-state index contributed by atoms with van der Waals surface area (Å²) in [5, 5.41) is 0.773. The van der Waals surface area contributed by atoms with Crippen LogP contribution in [0.2, 0.25) is 0 Å². The van der Waals surface area contributed by atoms with Crippen molar-refractivity contribution in [2.75, 3.05) is 44.3 Å². The van der Waals surface area contributed by atoms with Gasteiger partial charge in [0.1, 0.15) is 0 Å². The van der Waals surface area contributed by atoms with Gasteiger partial charge in [0.05, 0.1) is 23.4 Å². The SMILES string of the molecule is Cc1cccc2sc(N(CCCN3CCOCC3)C(=O)c3ccc(Cc4ccccc4)cc3)nc12. The zero-order valence-electron chi connectivity index (χ0n) is 20.2. The standard InChI is InChI=1S/C29H31N3O2S/c1-22-7-5-10-26-27(22)30-29(35-26)32(16-6-15-31-17-19-34-20-18-31)28(33)25-13-11-24(12-14-25)21-23-8-3-2-4-9-23/h2-5,7-14H,6,15-21H2,1H3. The van der Waals surface area contributed by atoms with Crippen LogP contribution in [0.3, 0.4) is 0 Å². The summed E-state index contributed by atoms with van der Waals surface area (Å²) in [6, 6.07) is 24.6. The fraction of sp³-hybridized carbons (Fsp3) is 0.310. The Morgan fingerprint density at radius 3 is 2.46 bits per heavy atom. The lowest BCUT2D eigenvalue weighted by Crippen LogP contribution is -2.39. The summed E-state index contributed by atoms with van der Waals surface area (Å²) in [5.41, 5.74) is 5.28. The van der Waals surface area contributed by atoms with Gasteiger partial charge < -0.3 is 4.74 Å². The van der Waals surface area contributed by atoms with Gasteiger partial charge in [-0.15, -0.1) is 0 Å². The van der Waals surface area contributed by atoms with Gasteiger partial charge in [-0.25, -0.2) is 4.98 Å². The molecule has 0 unspecified atom stereocenters. The minimum atomic E-state index is 0.00921. The smallest absolute Gasteiger partial charge is 0.260 e. The number of amides is 1. The second kappa shape index (κ2) is 11.1. The molecule has 4 aromatic rings. The van der Waals surface area contributed by atoms with E-state index in [4.69, 9.17) is 9.72 Å². The second-order valence-electron chi connectivity index (χ2n) is 9.04. The van der Waals surface area contributed by atoms with Gasteiger partial charge in [0.25, 0.3) is 5.91 Å². The van der Waals surface area contributed by atoms with Crippen molar-refractivity contribution in [1.82, 2.24) is 9.88 Å². The molecule has 1 aliphatic heterocycles. The Bertz CT molecular complexity index is 1260. The van der Waals surface area contributed by atoms with Crippen molar-refractivity contribution in [3.63, 3.8) is 0 Å². The van der Waals surface area contributed by atoms with Gasteiger partial charge in [-0.05, 0) is 54.7 Å². The number of fused-ring (bicyclic) bond motifs is 1. The first-order valence-electron chi connectivity index (χ1n) is 12.3. The van der Waals surface area contributed by atoms with Crippen LogP contribution >= 0.6 is 11.3 Å². The van der Waals surface area contributed by atoms with Gasteiger partial charge in [0.2, 0.25) is 0 Å². The molecule has 1 amide bonds. The van der Waals surface area contributed by atoms with Gasteiger partial charge in [-0.3, -0.25) is 14.6 Å². The largest absolute Gasteiger partial charge is 0.379 e. The third kappa shape index (κ3) is 5.78. The van der Waals surface area contributed by atoms with Crippen molar-refractivity contribution in [2.24, 2.45) is 0 Å². The molecule has 5 rings (SSSR count). The summed E-state index contributed by atoms with van der Waals surface area (Å²) in [4.78, 5) is 22.9. The number of aromatic nitrogens is 1. The van der Waals surface area contributed by atoms with Crippen LogP contribution in [0.4, 0.5) is 5.13 Å². The lowest BCUT2D eigenvalue weighted by molar-refractivity contribution is 0.0376. The first kappa shape index (κ1) is 23.7. The van der Waals surface area contributed by atoms with Crippen LogP contribution in [0.25, 0.3) is 10.2 Å². The molecule has 1 fully saturated rings. The lowest BCUT2D eigenvalue weighted by atomic mass is 10.0. The van der Waals surface area contributed by atoms with Crippen LogP contribution in [0, 0.1) is 6.92 Å². The average Bonchev–Trinajstić information content (AvgIpc) is 3.33. The molecule has 6 heteroatoms. The number of morpholine rings is 1. The molecular formula is C29H31N3O2S. The van der Waals surface area contributed by atoms with Gasteiger partial charge >= 0.3 is 0 Å². The fourth-order valence-corrected chi connectivity index (χ4v) is 5.57. The predicted octanol–water partition coefficient (Wildman–Crippen LogP) is 5.56. The molecule has 1 aromatic heterocycles. The number of aryl methyl sites for hydroxylation is 1. The Labute approximate surface area is 211 Å². The molecule has 0 bridgehead atoms. The number of para-hydroxylation sites is 1. The summed E-state index contributed by atoms with van der Waals surface area (Å²) in [5.74, 6) is 0.00921. The number of benzene rings is 3. The van der Waals surface area contributed by atoms with Crippen molar-refractivity contribution in [2.45, 2.75) is 19.8 Å². The normalized spacial score (nSPS) is 14.3. The van der Waals surface area contributed by atoms with Crippen molar-refractivity contribution < 1.29 is 9.53 Å². The Kier molecular flexibility index (Phi) is 7.52. The molecule has 180 valence electrons. The van der Waals surface area contributed by atoms with Gasteiger partial charge in [0, 0.05) is 31.7 Å². The average molecular weight is 486 g/mol. The highest BCUT2D eigenvalue weighted by Gasteiger charge is 2.22. The minimum absolute atomic E-state index is 0.00921. The van der Waals surface area contributed by atoms with E-state index in [1.54, 1.807) is 11.3 Å². The second-order valence-corrected chi connectivity index (χ2v) is 10.1. The Morgan fingerprint density at radius 1 is 0.971 bits per heavy atom. The van der Waals surface area contributed by atoms with Crippen molar-refractivity contribution in [1.29, 1.82) is 0 Å². The third-order valence-electron chi connectivity index (χ3n) is 6.50. The van der Waals surface area contributed by atoms with E-state index < -0.39 is 0 Å². The Balaban J connectivity index is 1.35. The fourth-order valence-electron chi connectivity index (χ4n) is 4.50. The van der Waals surface area contributed by atoms with E-state index in [1.807, 2.05) is 23.1 Å². The first-order chi connectivity index (χ1) is 17.2. The maximum Gasteiger partial charge on any atom is 0.260 e. The monoisotopic (exact) mass is 485 g/mol. The molecular weight excluding hydrogens is 454 g/mol. The summed E-state index contributed by atoms with van der Waals surface area (Å²) in [6.07, 6.45) is 1.75. The third-order valence-corrected chi connectivity index (χ3v) is 7.54. The van der Waals surface area contributed by atoms with Crippen LogP contribution in [0.5, 0.6) is 0 Å². The minimum Gasteiger partial charge on any atom is -0.379 e. The topological polar surface area (TPSA) is 45.7 Å². The molecule has 1 aliphatic rings. The van der Waals surface area contributed by atoms with Crippen LogP contribution in [-0.4, -0.2) is 55.2 Å². The number of hydrogen-bond acceptors (Lipinski definition) is 5. The van der Waals surface area contributed by atoms with E-state index in [0.717, 1.165) is 66.6 Å². The molecule has 0 atom stereocenters. The molecule has 1 saturated heterocycles. The highest BCUT2D eigenvalue weighted by molar-refractivity contribution is 7.22. The van der Waals surface area contributed by atoms with Crippen LogP contribution in [-0.2, 0) is 11.2 Å². The number of thiazole rings is 1. The van der Waals surface area contributed by atoms with Gasteiger partial charge in [-0.1, -0.05) is 65.9 Å². The van der Waals surface area contributed by atoms with E-state index in [9.17, 15) is 4.79 Å². The summed E-state index contributed by atoms with van der Waals surface area (Å²) < 4.78 is 6.58. The zero-order valence-corrected chi connectivity index (χ0v) is 21.0. The molecule has 3 aromatic carbocycles. The molecule has 5 nitrogen and oxygen atoms in total. The lowest BCUT2D eigenvalue weighted by Gasteiger charge is -2.27. The number of carbonyl (C=O) groups excluding carboxylic acids is 1. The van der Waals surface area contributed by atoms with Crippen LogP contribution in [0.15, 0.2) is 72.8 Å². The van der Waals surface area contributed by atoms with Crippen molar-refractivity contribution in [3.8, 4) is 0 Å². The number of rotatable bonds is 8. The predicted molar refractivity (Wildman–Crippen MR) is 144 cm³/mol. The first-order valence-corrected chi connectivity index (χ1v) is 13.1. The van der Waals surface area contributed by atoms with Crippen molar-refractivity contribution in [3.05, 3.63) is 95.1 Å². The van der Waals surface area contributed by atoms with Gasteiger partial charge in [-0.2, -0.15) is 0 Å².